The number of rotatable bonds is 8. The zero-order chi connectivity index (χ0) is 16.9. The van der Waals surface area contributed by atoms with Crippen LogP contribution in [-0.4, -0.2) is 68.6 Å². The highest BCUT2D eigenvalue weighted by molar-refractivity contribution is 5.27. The summed E-state index contributed by atoms with van der Waals surface area (Å²) in [5.41, 5.74) is 3.05. The van der Waals surface area contributed by atoms with Gasteiger partial charge in [0.05, 0.1) is 0 Å². The van der Waals surface area contributed by atoms with Crippen molar-refractivity contribution in [2.24, 2.45) is 5.92 Å². The molecular weight excluding hydrogens is 294 g/mol. The summed E-state index contributed by atoms with van der Waals surface area (Å²) < 4.78 is 0. The summed E-state index contributed by atoms with van der Waals surface area (Å²) in [6, 6.07) is 9.51. The maximum absolute atomic E-state index is 2.58. The summed E-state index contributed by atoms with van der Waals surface area (Å²) in [5, 5.41) is 0. The van der Waals surface area contributed by atoms with Crippen molar-refractivity contribution in [2.45, 2.75) is 38.1 Å². The average molecular weight is 330 g/mol. The van der Waals surface area contributed by atoms with Crippen molar-refractivity contribution >= 4 is 0 Å². The van der Waals surface area contributed by atoms with E-state index in [4.69, 9.17) is 0 Å². The van der Waals surface area contributed by atoms with Crippen LogP contribution in [-0.2, 0) is 6.54 Å². The predicted octanol–water partition coefficient (Wildman–Crippen LogP) is 3.27. The molecule has 134 valence electrons. The minimum Gasteiger partial charge on any atom is -0.308 e. The van der Waals surface area contributed by atoms with Crippen LogP contribution in [0.15, 0.2) is 24.3 Å². The van der Waals surface area contributed by atoms with Gasteiger partial charge in [0.1, 0.15) is 0 Å². The van der Waals surface area contributed by atoms with Crippen LogP contribution in [0.5, 0.6) is 0 Å². The summed E-state index contributed by atoms with van der Waals surface area (Å²) in [7, 11) is 6.57. The Morgan fingerprint density at radius 2 is 1.62 bits per heavy atom. The summed E-state index contributed by atoms with van der Waals surface area (Å²) in [4.78, 5) is 7.35. The molecule has 3 rings (SSSR count). The third-order valence-electron chi connectivity index (χ3n) is 5.79. The minimum absolute atomic E-state index is 0.804. The van der Waals surface area contributed by atoms with Gasteiger partial charge in [0.15, 0.2) is 0 Å². The van der Waals surface area contributed by atoms with E-state index in [1.807, 2.05) is 0 Å². The summed E-state index contributed by atoms with van der Waals surface area (Å²) in [5.74, 6) is 1.70. The van der Waals surface area contributed by atoms with Crippen molar-refractivity contribution in [3.8, 4) is 0 Å². The van der Waals surface area contributed by atoms with Gasteiger partial charge in [-0.3, -0.25) is 4.90 Å². The Labute approximate surface area is 148 Å². The molecule has 1 saturated carbocycles. The third kappa shape index (κ3) is 5.05. The molecule has 0 aromatic heterocycles. The average Bonchev–Trinajstić information content (AvgIpc) is 3.02. The first-order chi connectivity index (χ1) is 11.6. The van der Waals surface area contributed by atoms with Gasteiger partial charge in [0.25, 0.3) is 0 Å². The molecule has 0 bridgehead atoms. The van der Waals surface area contributed by atoms with Crippen molar-refractivity contribution in [3.63, 3.8) is 0 Å². The zero-order valence-electron chi connectivity index (χ0n) is 15.9. The van der Waals surface area contributed by atoms with E-state index in [0.717, 1.165) is 24.9 Å². The molecule has 0 radical (unpaired) electrons. The van der Waals surface area contributed by atoms with Gasteiger partial charge < -0.3 is 9.80 Å². The molecule has 0 unspecified atom stereocenters. The normalized spacial score (nSPS) is 24.7. The molecule has 1 aliphatic carbocycles. The molecule has 1 saturated heterocycles. The number of likely N-dealkylation sites (tertiary alicyclic amines) is 1. The Hall–Kier alpha value is -0.900. The second kappa shape index (κ2) is 8.46. The molecule has 0 atom stereocenters. The van der Waals surface area contributed by atoms with Crippen LogP contribution >= 0.6 is 0 Å². The Bertz CT molecular complexity index is 484. The fraction of sp³-hybridized carbons (Fsp3) is 0.714. The highest BCUT2D eigenvalue weighted by Gasteiger charge is 2.30. The van der Waals surface area contributed by atoms with Crippen molar-refractivity contribution in [2.75, 3.05) is 53.9 Å². The van der Waals surface area contributed by atoms with Gasteiger partial charge in [-0.15, -0.1) is 0 Å². The standard InChI is InChI=1S/C21H35N3/c1-22(2)12-13-23(3)16-19-14-21(15-19)20-8-6-18(7-9-20)17-24-10-4-5-11-24/h6-9,19,21H,4-5,10-17H2,1-3H3. The lowest BCUT2D eigenvalue weighted by atomic mass is 9.71. The summed E-state index contributed by atoms with van der Waals surface area (Å²) in [6.07, 6.45) is 5.50. The molecule has 1 aromatic rings. The van der Waals surface area contributed by atoms with E-state index in [2.05, 4.69) is 60.1 Å². The third-order valence-corrected chi connectivity index (χ3v) is 5.79. The quantitative estimate of drug-likeness (QED) is 0.725. The molecule has 0 spiro atoms. The lowest BCUT2D eigenvalue weighted by Crippen LogP contribution is -2.36. The minimum atomic E-state index is 0.804. The van der Waals surface area contributed by atoms with Crippen molar-refractivity contribution in [3.05, 3.63) is 35.4 Å². The van der Waals surface area contributed by atoms with E-state index >= 15 is 0 Å². The fourth-order valence-corrected chi connectivity index (χ4v) is 4.15. The van der Waals surface area contributed by atoms with Gasteiger partial charge in [-0.05, 0) is 82.9 Å². The molecule has 24 heavy (non-hydrogen) atoms. The maximum atomic E-state index is 2.58. The molecule has 1 aromatic carbocycles. The molecule has 3 heteroatoms. The second-order valence-corrected chi connectivity index (χ2v) is 8.32. The van der Waals surface area contributed by atoms with E-state index in [1.54, 1.807) is 5.56 Å². The van der Waals surface area contributed by atoms with Crippen molar-refractivity contribution < 1.29 is 0 Å². The number of benzene rings is 1. The predicted molar refractivity (Wildman–Crippen MR) is 102 cm³/mol. The Kier molecular flexibility index (Phi) is 6.31. The Balaban J connectivity index is 1.39. The first kappa shape index (κ1) is 17.9. The van der Waals surface area contributed by atoms with E-state index in [9.17, 15) is 0 Å². The zero-order valence-corrected chi connectivity index (χ0v) is 15.9. The Morgan fingerprint density at radius 3 is 2.25 bits per heavy atom. The van der Waals surface area contributed by atoms with Gasteiger partial charge in [0.2, 0.25) is 0 Å². The molecule has 0 N–H and O–H groups in total. The summed E-state index contributed by atoms with van der Waals surface area (Å²) in [6.45, 7) is 7.31. The smallest absolute Gasteiger partial charge is 0.0233 e. The second-order valence-electron chi connectivity index (χ2n) is 8.32. The van der Waals surface area contributed by atoms with Crippen LogP contribution in [0.1, 0.15) is 42.7 Å². The van der Waals surface area contributed by atoms with Crippen LogP contribution in [0.2, 0.25) is 0 Å². The van der Waals surface area contributed by atoms with Crippen LogP contribution in [0.3, 0.4) is 0 Å². The number of hydrogen-bond donors (Lipinski definition) is 0. The van der Waals surface area contributed by atoms with Gasteiger partial charge in [-0.2, -0.15) is 0 Å². The molecular formula is C21H35N3. The number of likely N-dealkylation sites (N-methyl/N-ethyl adjacent to an activating group) is 2. The first-order valence-corrected chi connectivity index (χ1v) is 9.74. The Morgan fingerprint density at radius 1 is 0.958 bits per heavy atom. The van der Waals surface area contributed by atoms with Crippen molar-refractivity contribution in [1.29, 1.82) is 0 Å². The molecule has 1 heterocycles. The van der Waals surface area contributed by atoms with E-state index in [1.165, 1.54) is 57.4 Å². The van der Waals surface area contributed by atoms with Crippen LogP contribution in [0, 0.1) is 5.92 Å². The lowest BCUT2D eigenvalue weighted by Gasteiger charge is -2.38. The number of hydrogen-bond acceptors (Lipinski definition) is 3. The van der Waals surface area contributed by atoms with E-state index in [0.29, 0.717) is 0 Å². The number of nitrogens with zero attached hydrogens (tertiary/aromatic N) is 3. The van der Waals surface area contributed by atoms with Gasteiger partial charge in [-0.25, -0.2) is 0 Å². The SMILES string of the molecule is CN(C)CCN(C)CC1CC(c2ccc(CN3CCCC3)cc2)C1. The molecule has 2 aliphatic rings. The lowest BCUT2D eigenvalue weighted by molar-refractivity contribution is 0.172. The molecule has 0 amide bonds. The van der Waals surface area contributed by atoms with Gasteiger partial charge in [-0.1, -0.05) is 24.3 Å². The monoisotopic (exact) mass is 329 g/mol. The van der Waals surface area contributed by atoms with Crippen LogP contribution in [0.25, 0.3) is 0 Å². The van der Waals surface area contributed by atoms with Crippen molar-refractivity contribution in [1.82, 2.24) is 14.7 Å². The molecule has 1 aliphatic heterocycles. The van der Waals surface area contributed by atoms with E-state index < -0.39 is 0 Å². The highest BCUT2D eigenvalue weighted by Crippen LogP contribution is 2.41. The largest absolute Gasteiger partial charge is 0.308 e. The summed E-state index contributed by atoms with van der Waals surface area (Å²) >= 11 is 0. The van der Waals surface area contributed by atoms with Crippen LogP contribution in [0.4, 0.5) is 0 Å². The van der Waals surface area contributed by atoms with Gasteiger partial charge >= 0.3 is 0 Å². The fourth-order valence-electron chi connectivity index (χ4n) is 4.15. The molecule has 2 fully saturated rings. The van der Waals surface area contributed by atoms with Crippen LogP contribution < -0.4 is 0 Å². The molecule has 3 nitrogen and oxygen atoms in total. The topological polar surface area (TPSA) is 9.72 Å². The maximum Gasteiger partial charge on any atom is 0.0233 e. The first-order valence-electron chi connectivity index (χ1n) is 9.74. The van der Waals surface area contributed by atoms with E-state index in [-0.39, 0.29) is 0 Å². The highest BCUT2D eigenvalue weighted by atomic mass is 15.1. The van der Waals surface area contributed by atoms with Gasteiger partial charge in [0, 0.05) is 26.2 Å².